The van der Waals surface area contributed by atoms with Crippen LogP contribution in [0.3, 0.4) is 0 Å². The van der Waals surface area contributed by atoms with Crippen molar-refractivity contribution in [3.8, 4) is 0 Å². The average Bonchev–Trinajstić information content (AvgIpc) is 2.74. The van der Waals surface area contributed by atoms with Crippen LogP contribution in [-0.4, -0.2) is 29.7 Å². The summed E-state index contributed by atoms with van der Waals surface area (Å²) in [6.07, 6.45) is 10.7. The molecule has 0 heterocycles. The van der Waals surface area contributed by atoms with Crippen LogP contribution in [0.2, 0.25) is 0 Å². The molecule has 0 bridgehead atoms. The number of amides is 2. The lowest BCUT2D eigenvalue weighted by Gasteiger charge is -2.29. The highest BCUT2D eigenvalue weighted by atomic mass is 16.4. The van der Waals surface area contributed by atoms with Crippen molar-refractivity contribution in [1.29, 1.82) is 0 Å². The molecule has 5 heteroatoms. The van der Waals surface area contributed by atoms with E-state index < -0.39 is 5.97 Å². The van der Waals surface area contributed by atoms with E-state index in [0.717, 1.165) is 38.5 Å². The first-order valence-corrected chi connectivity index (χ1v) is 8.44. The van der Waals surface area contributed by atoms with E-state index in [1.165, 1.54) is 25.7 Å². The lowest BCUT2D eigenvalue weighted by atomic mass is 9.79. The first-order valence-electron chi connectivity index (χ1n) is 8.44. The van der Waals surface area contributed by atoms with Crippen LogP contribution in [0.1, 0.15) is 64.2 Å². The van der Waals surface area contributed by atoms with Crippen LogP contribution in [0.4, 0.5) is 4.79 Å². The summed E-state index contributed by atoms with van der Waals surface area (Å²) in [5.74, 6) is -0.932. The van der Waals surface area contributed by atoms with E-state index in [9.17, 15) is 14.7 Å². The zero-order valence-corrected chi connectivity index (χ0v) is 12.8. The topological polar surface area (TPSA) is 78.4 Å². The second-order valence-corrected chi connectivity index (χ2v) is 6.53. The highest BCUT2D eigenvalue weighted by Crippen LogP contribution is 2.29. The van der Waals surface area contributed by atoms with Gasteiger partial charge < -0.3 is 15.7 Å². The molecule has 120 valence electrons. The number of carbonyl (C=O) groups is 2. The Bertz CT molecular complexity index is 351. The normalized spacial score (nSPS) is 27.6. The Labute approximate surface area is 126 Å². The van der Waals surface area contributed by atoms with Gasteiger partial charge in [-0.1, -0.05) is 38.5 Å². The molecule has 0 aromatic rings. The zero-order chi connectivity index (χ0) is 15.1. The van der Waals surface area contributed by atoms with Crippen LogP contribution in [0.25, 0.3) is 0 Å². The van der Waals surface area contributed by atoms with E-state index in [0.29, 0.717) is 6.54 Å². The van der Waals surface area contributed by atoms with Crippen molar-refractivity contribution < 1.29 is 14.7 Å². The fourth-order valence-corrected chi connectivity index (χ4v) is 3.66. The Morgan fingerprint density at radius 2 is 1.52 bits per heavy atom. The summed E-state index contributed by atoms with van der Waals surface area (Å²) >= 11 is 0. The van der Waals surface area contributed by atoms with Crippen LogP contribution >= 0.6 is 0 Å². The maximum Gasteiger partial charge on any atom is 0.315 e. The van der Waals surface area contributed by atoms with Crippen molar-refractivity contribution in [2.24, 2.45) is 11.8 Å². The molecule has 3 N–H and O–H groups in total. The molecular weight excluding hydrogens is 268 g/mol. The molecule has 0 aromatic carbocycles. The minimum absolute atomic E-state index is 0.0798. The molecule has 0 radical (unpaired) electrons. The number of nitrogens with one attached hydrogen (secondary N) is 2. The van der Waals surface area contributed by atoms with Crippen molar-refractivity contribution in [2.45, 2.75) is 70.3 Å². The van der Waals surface area contributed by atoms with Crippen LogP contribution < -0.4 is 10.6 Å². The highest BCUT2D eigenvalue weighted by Gasteiger charge is 2.30. The van der Waals surface area contributed by atoms with E-state index in [1.807, 2.05) is 0 Å². The summed E-state index contributed by atoms with van der Waals surface area (Å²) in [7, 11) is 0. The van der Waals surface area contributed by atoms with Gasteiger partial charge in [-0.15, -0.1) is 0 Å². The zero-order valence-electron chi connectivity index (χ0n) is 12.8. The van der Waals surface area contributed by atoms with E-state index >= 15 is 0 Å². The van der Waals surface area contributed by atoms with E-state index in [4.69, 9.17) is 0 Å². The van der Waals surface area contributed by atoms with Gasteiger partial charge in [0.25, 0.3) is 0 Å². The minimum Gasteiger partial charge on any atom is -0.481 e. The molecule has 2 atom stereocenters. The first-order chi connectivity index (χ1) is 10.2. The SMILES string of the molecule is O=C(NCC1CCCCC1C(=O)O)NC1CCCCCC1. The summed E-state index contributed by atoms with van der Waals surface area (Å²) in [5, 5.41) is 15.2. The molecule has 2 rings (SSSR count). The van der Waals surface area contributed by atoms with Crippen molar-refractivity contribution >= 4 is 12.0 Å². The molecule has 2 saturated carbocycles. The number of aliphatic carboxylic acids is 1. The molecule has 0 aliphatic heterocycles. The number of carbonyl (C=O) groups excluding carboxylic acids is 1. The van der Waals surface area contributed by atoms with Gasteiger partial charge in [0.15, 0.2) is 0 Å². The monoisotopic (exact) mass is 296 g/mol. The van der Waals surface area contributed by atoms with Crippen LogP contribution in [0, 0.1) is 11.8 Å². The molecule has 2 amide bonds. The Morgan fingerprint density at radius 3 is 2.19 bits per heavy atom. The summed E-state index contributed by atoms with van der Waals surface area (Å²) in [4.78, 5) is 23.2. The van der Waals surface area contributed by atoms with Gasteiger partial charge in [-0.2, -0.15) is 0 Å². The molecule has 0 aromatic heterocycles. The smallest absolute Gasteiger partial charge is 0.315 e. The summed E-state index contributed by atoms with van der Waals surface area (Å²) in [5.41, 5.74) is 0. The van der Waals surface area contributed by atoms with Gasteiger partial charge in [0.2, 0.25) is 0 Å². The standard InChI is InChI=1S/C16H28N2O3/c19-15(20)14-10-6-5-7-12(14)11-17-16(21)18-13-8-3-1-2-4-9-13/h12-14H,1-11H2,(H,19,20)(H2,17,18,21). The Balaban J connectivity index is 1.73. The van der Waals surface area contributed by atoms with Gasteiger partial charge in [-0.3, -0.25) is 4.79 Å². The summed E-state index contributed by atoms with van der Waals surface area (Å²) < 4.78 is 0. The molecule has 2 aliphatic carbocycles. The second-order valence-electron chi connectivity index (χ2n) is 6.53. The number of carboxylic acid groups (broad SMARTS) is 1. The summed E-state index contributed by atoms with van der Waals surface area (Å²) in [6.45, 7) is 0.482. The molecule has 2 fully saturated rings. The Hall–Kier alpha value is -1.26. The minimum atomic E-state index is -0.717. The first kappa shape index (κ1) is 16.1. The third-order valence-electron chi connectivity index (χ3n) is 4.94. The Kier molecular flexibility index (Phi) is 6.33. The van der Waals surface area contributed by atoms with Crippen molar-refractivity contribution in [3.63, 3.8) is 0 Å². The molecule has 0 spiro atoms. The number of hydrogen-bond acceptors (Lipinski definition) is 2. The highest BCUT2D eigenvalue weighted by molar-refractivity contribution is 5.74. The van der Waals surface area contributed by atoms with E-state index in [1.54, 1.807) is 0 Å². The number of carboxylic acids is 1. The molecule has 2 aliphatic rings. The Morgan fingerprint density at radius 1 is 0.905 bits per heavy atom. The molecule has 2 unspecified atom stereocenters. The van der Waals surface area contributed by atoms with Gasteiger partial charge >= 0.3 is 12.0 Å². The maximum absolute atomic E-state index is 12.0. The number of rotatable bonds is 4. The lowest BCUT2D eigenvalue weighted by Crippen LogP contribution is -2.45. The lowest BCUT2D eigenvalue weighted by molar-refractivity contribution is -0.144. The number of urea groups is 1. The molecular formula is C16H28N2O3. The summed E-state index contributed by atoms with van der Waals surface area (Å²) in [6, 6.07) is 0.158. The van der Waals surface area contributed by atoms with Crippen LogP contribution in [-0.2, 0) is 4.79 Å². The predicted octanol–water partition coefficient (Wildman–Crippen LogP) is 2.90. The van der Waals surface area contributed by atoms with E-state index in [2.05, 4.69) is 10.6 Å². The maximum atomic E-state index is 12.0. The van der Waals surface area contributed by atoms with Crippen molar-refractivity contribution in [2.75, 3.05) is 6.54 Å². The van der Waals surface area contributed by atoms with Crippen molar-refractivity contribution in [3.05, 3.63) is 0 Å². The molecule has 0 saturated heterocycles. The fraction of sp³-hybridized carbons (Fsp3) is 0.875. The fourth-order valence-electron chi connectivity index (χ4n) is 3.66. The third-order valence-corrected chi connectivity index (χ3v) is 4.94. The average molecular weight is 296 g/mol. The van der Waals surface area contributed by atoms with Crippen LogP contribution in [0.15, 0.2) is 0 Å². The largest absolute Gasteiger partial charge is 0.481 e. The van der Waals surface area contributed by atoms with E-state index in [-0.39, 0.29) is 23.9 Å². The van der Waals surface area contributed by atoms with Gasteiger partial charge in [-0.25, -0.2) is 4.79 Å². The third kappa shape index (κ3) is 5.21. The predicted molar refractivity (Wildman–Crippen MR) is 81.1 cm³/mol. The van der Waals surface area contributed by atoms with Gasteiger partial charge in [-0.05, 0) is 31.6 Å². The second kappa shape index (κ2) is 8.25. The molecule has 5 nitrogen and oxygen atoms in total. The van der Waals surface area contributed by atoms with Crippen LogP contribution in [0.5, 0.6) is 0 Å². The van der Waals surface area contributed by atoms with Gasteiger partial charge in [0, 0.05) is 12.6 Å². The van der Waals surface area contributed by atoms with Gasteiger partial charge in [0.1, 0.15) is 0 Å². The van der Waals surface area contributed by atoms with Gasteiger partial charge in [0.05, 0.1) is 5.92 Å². The quantitative estimate of drug-likeness (QED) is 0.698. The van der Waals surface area contributed by atoms with Crippen molar-refractivity contribution in [1.82, 2.24) is 10.6 Å². The number of hydrogen-bond donors (Lipinski definition) is 3. The molecule has 21 heavy (non-hydrogen) atoms.